The summed E-state index contributed by atoms with van der Waals surface area (Å²) in [7, 11) is 0. The summed E-state index contributed by atoms with van der Waals surface area (Å²) in [6, 6.07) is 1.83. The van der Waals surface area contributed by atoms with Gasteiger partial charge >= 0.3 is 6.03 Å². The van der Waals surface area contributed by atoms with Crippen molar-refractivity contribution in [3.8, 4) is 0 Å². The largest absolute Gasteiger partial charge is 0.356 e. The summed E-state index contributed by atoms with van der Waals surface area (Å²) in [6.45, 7) is 6.82. The van der Waals surface area contributed by atoms with Crippen molar-refractivity contribution in [3.63, 3.8) is 0 Å². The Morgan fingerprint density at radius 1 is 1.24 bits per heavy atom. The number of carbonyl (C=O) groups excluding carboxylic acids is 2. The molecule has 1 saturated carbocycles. The second-order valence-corrected chi connectivity index (χ2v) is 9.13. The number of imide groups is 1. The summed E-state index contributed by atoms with van der Waals surface area (Å²) in [5.74, 6) is 1.74. The Labute approximate surface area is 170 Å². The molecule has 1 N–H and O–H groups in total. The highest BCUT2D eigenvalue weighted by Gasteiger charge is 2.58. The molecule has 2 aliphatic heterocycles. The highest BCUT2D eigenvalue weighted by atomic mass is 16.2. The molecule has 0 unspecified atom stereocenters. The molecule has 29 heavy (non-hydrogen) atoms. The van der Waals surface area contributed by atoms with Crippen molar-refractivity contribution in [2.45, 2.75) is 45.1 Å². The van der Waals surface area contributed by atoms with Crippen LogP contribution in [0.1, 0.15) is 39.5 Å². The Hall–Kier alpha value is -2.64. The van der Waals surface area contributed by atoms with E-state index in [2.05, 4.69) is 33.9 Å². The predicted octanol–water partition coefficient (Wildman–Crippen LogP) is 2.63. The number of fused-ring (bicyclic) bond motifs is 1. The minimum absolute atomic E-state index is 0.0178. The van der Waals surface area contributed by atoms with E-state index >= 15 is 0 Å². The minimum Gasteiger partial charge on any atom is -0.356 e. The Kier molecular flexibility index (Phi) is 4.26. The van der Waals surface area contributed by atoms with Crippen LogP contribution in [0, 0.1) is 11.8 Å². The van der Waals surface area contributed by atoms with Gasteiger partial charge in [0.05, 0.1) is 17.1 Å². The molecule has 1 spiro atoms. The Morgan fingerprint density at radius 3 is 2.69 bits per heavy atom. The first-order valence-electron chi connectivity index (χ1n) is 10.7. The van der Waals surface area contributed by atoms with Crippen molar-refractivity contribution in [3.05, 3.63) is 18.5 Å². The maximum absolute atomic E-state index is 13.5. The first kappa shape index (κ1) is 18.4. The van der Waals surface area contributed by atoms with E-state index < -0.39 is 5.54 Å². The van der Waals surface area contributed by atoms with Gasteiger partial charge in [0.1, 0.15) is 11.4 Å². The Morgan fingerprint density at radius 2 is 2.00 bits per heavy atom. The van der Waals surface area contributed by atoms with E-state index in [9.17, 15) is 9.59 Å². The normalized spacial score (nSPS) is 22.0. The molecule has 1 aliphatic carbocycles. The molecule has 0 bridgehead atoms. The summed E-state index contributed by atoms with van der Waals surface area (Å²) in [6.07, 6.45) is 7.12. The van der Waals surface area contributed by atoms with Gasteiger partial charge in [0.25, 0.3) is 5.91 Å². The third-order valence-electron chi connectivity index (χ3n) is 6.55. The van der Waals surface area contributed by atoms with Gasteiger partial charge < -0.3 is 9.80 Å². The number of hydrogen-bond acceptors (Lipinski definition) is 5. The van der Waals surface area contributed by atoms with Gasteiger partial charge in [0, 0.05) is 32.4 Å². The van der Waals surface area contributed by atoms with Crippen molar-refractivity contribution in [1.82, 2.24) is 25.0 Å². The lowest BCUT2D eigenvalue weighted by Crippen LogP contribution is -2.57. The second kappa shape index (κ2) is 6.71. The molecule has 3 aliphatic rings. The number of amides is 3. The van der Waals surface area contributed by atoms with E-state index in [1.807, 2.05) is 11.0 Å². The summed E-state index contributed by atoms with van der Waals surface area (Å²) in [4.78, 5) is 36.9. The van der Waals surface area contributed by atoms with Crippen LogP contribution < -0.4 is 4.90 Å². The van der Waals surface area contributed by atoms with Crippen LogP contribution in [-0.2, 0) is 4.79 Å². The molecule has 2 saturated heterocycles. The minimum atomic E-state index is -0.697. The maximum Gasteiger partial charge on any atom is 0.327 e. The number of piperidine rings is 1. The fourth-order valence-electron chi connectivity index (χ4n) is 4.80. The SMILES string of the molecule is CC(C)CN1C(=O)N(CC2CC2)C(=O)C12CCN(c1nccc3[nH]ncc13)CC2. The van der Waals surface area contributed by atoms with Gasteiger partial charge in [-0.3, -0.25) is 14.8 Å². The third-order valence-corrected chi connectivity index (χ3v) is 6.55. The topological polar surface area (TPSA) is 85.4 Å². The van der Waals surface area contributed by atoms with Gasteiger partial charge in [0.2, 0.25) is 0 Å². The quantitative estimate of drug-likeness (QED) is 0.786. The van der Waals surface area contributed by atoms with Crippen molar-refractivity contribution in [2.24, 2.45) is 11.8 Å². The highest BCUT2D eigenvalue weighted by molar-refractivity contribution is 6.07. The first-order chi connectivity index (χ1) is 14.0. The number of nitrogens with one attached hydrogen (secondary N) is 1. The lowest BCUT2D eigenvalue weighted by Gasteiger charge is -2.43. The zero-order valence-electron chi connectivity index (χ0n) is 17.1. The highest BCUT2D eigenvalue weighted by Crippen LogP contribution is 2.41. The fraction of sp³-hybridized carbons (Fsp3) is 0.619. The van der Waals surface area contributed by atoms with Gasteiger partial charge in [-0.25, -0.2) is 9.78 Å². The number of pyridine rings is 1. The fourth-order valence-corrected chi connectivity index (χ4v) is 4.80. The monoisotopic (exact) mass is 396 g/mol. The Bertz CT molecular complexity index is 942. The van der Waals surface area contributed by atoms with E-state index in [1.54, 1.807) is 17.3 Å². The van der Waals surface area contributed by atoms with Crippen LogP contribution in [0.5, 0.6) is 0 Å². The Balaban J connectivity index is 1.41. The van der Waals surface area contributed by atoms with Gasteiger partial charge in [-0.1, -0.05) is 13.8 Å². The molecule has 0 radical (unpaired) electrons. The smallest absolute Gasteiger partial charge is 0.327 e. The van der Waals surface area contributed by atoms with Crippen LogP contribution in [0.25, 0.3) is 10.9 Å². The molecule has 2 aromatic rings. The number of aromatic nitrogens is 3. The average molecular weight is 396 g/mol. The van der Waals surface area contributed by atoms with E-state index in [0.717, 1.165) is 29.6 Å². The number of aromatic amines is 1. The van der Waals surface area contributed by atoms with E-state index in [1.165, 1.54) is 0 Å². The molecule has 8 heteroatoms. The maximum atomic E-state index is 13.5. The third kappa shape index (κ3) is 2.96. The number of rotatable bonds is 5. The molecule has 0 atom stereocenters. The second-order valence-electron chi connectivity index (χ2n) is 9.13. The summed E-state index contributed by atoms with van der Waals surface area (Å²) in [5, 5.41) is 8.11. The summed E-state index contributed by atoms with van der Waals surface area (Å²) < 4.78 is 0. The summed E-state index contributed by atoms with van der Waals surface area (Å²) in [5.41, 5.74) is 0.260. The van der Waals surface area contributed by atoms with Crippen LogP contribution in [0.4, 0.5) is 10.6 Å². The molecule has 3 fully saturated rings. The average Bonchev–Trinajstić information content (AvgIpc) is 3.38. The number of H-pyrrole nitrogens is 1. The molecule has 8 nitrogen and oxygen atoms in total. The van der Waals surface area contributed by atoms with Gasteiger partial charge in [0.15, 0.2) is 0 Å². The number of nitrogens with zero attached hydrogens (tertiary/aromatic N) is 5. The molecule has 3 amide bonds. The van der Waals surface area contributed by atoms with Gasteiger partial charge in [-0.2, -0.15) is 5.10 Å². The molecular weight excluding hydrogens is 368 g/mol. The zero-order chi connectivity index (χ0) is 20.2. The standard InChI is InChI=1S/C21H28N6O2/c1-14(2)12-27-20(29)26(13-15-3-4-15)19(28)21(27)6-9-25(10-7-21)18-16-11-23-24-17(16)5-8-22-18/h5,8,11,14-15H,3-4,6-7,9-10,12-13H2,1-2H3,(H,23,24). The number of carbonyl (C=O) groups is 2. The molecule has 0 aromatic carbocycles. The van der Waals surface area contributed by atoms with Crippen molar-refractivity contribution >= 4 is 28.7 Å². The number of urea groups is 1. The van der Waals surface area contributed by atoms with E-state index in [4.69, 9.17) is 0 Å². The molecular formula is C21H28N6O2. The first-order valence-corrected chi connectivity index (χ1v) is 10.7. The lowest BCUT2D eigenvalue weighted by molar-refractivity contribution is -0.134. The summed E-state index contributed by atoms with van der Waals surface area (Å²) >= 11 is 0. The van der Waals surface area contributed by atoms with Crippen LogP contribution >= 0.6 is 0 Å². The zero-order valence-corrected chi connectivity index (χ0v) is 17.1. The van der Waals surface area contributed by atoms with Crippen molar-refractivity contribution in [1.29, 1.82) is 0 Å². The van der Waals surface area contributed by atoms with Crippen LogP contribution in [0.3, 0.4) is 0 Å². The van der Waals surface area contributed by atoms with Crippen LogP contribution in [0.15, 0.2) is 18.5 Å². The lowest BCUT2D eigenvalue weighted by atomic mass is 9.85. The van der Waals surface area contributed by atoms with E-state index in [-0.39, 0.29) is 11.9 Å². The molecule has 5 rings (SSSR count). The van der Waals surface area contributed by atoms with E-state index in [0.29, 0.717) is 50.9 Å². The van der Waals surface area contributed by atoms with Crippen molar-refractivity contribution in [2.75, 3.05) is 31.1 Å². The molecule has 154 valence electrons. The predicted molar refractivity (Wildman–Crippen MR) is 109 cm³/mol. The number of hydrogen-bond donors (Lipinski definition) is 1. The van der Waals surface area contributed by atoms with Gasteiger partial charge in [-0.05, 0) is 43.6 Å². The van der Waals surface area contributed by atoms with Crippen molar-refractivity contribution < 1.29 is 9.59 Å². The number of anilines is 1. The molecule has 2 aromatic heterocycles. The van der Waals surface area contributed by atoms with Crippen LogP contribution in [-0.4, -0.2) is 68.6 Å². The van der Waals surface area contributed by atoms with Gasteiger partial charge in [-0.15, -0.1) is 0 Å². The molecule has 4 heterocycles. The van der Waals surface area contributed by atoms with Crippen LogP contribution in [0.2, 0.25) is 0 Å².